The van der Waals surface area contributed by atoms with E-state index in [1.54, 1.807) is 49.7 Å². The van der Waals surface area contributed by atoms with E-state index in [4.69, 9.17) is 9.47 Å². The molecule has 0 saturated carbocycles. The van der Waals surface area contributed by atoms with Gasteiger partial charge < -0.3 is 9.47 Å². The Bertz CT molecular complexity index is 1270. The predicted octanol–water partition coefficient (Wildman–Crippen LogP) is 5.33. The zero-order valence-corrected chi connectivity index (χ0v) is 17.4. The van der Waals surface area contributed by atoms with Crippen LogP contribution in [0.3, 0.4) is 0 Å². The van der Waals surface area contributed by atoms with Gasteiger partial charge in [-0.2, -0.15) is 5.10 Å². The van der Waals surface area contributed by atoms with Crippen molar-refractivity contribution in [3.8, 4) is 11.5 Å². The van der Waals surface area contributed by atoms with E-state index in [1.165, 1.54) is 12.1 Å². The van der Waals surface area contributed by atoms with Crippen LogP contribution < -0.4 is 14.9 Å². The first-order valence-corrected chi connectivity index (χ1v) is 10.0. The highest BCUT2D eigenvalue weighted by Gasteiger charge is 2.09. The van der Waals surface area contributed by atoms with Crippen LogP contribution in [0.5, 0.6) is 11.5 Å². The number of nitrogens with one attached hydrogen (secondary N) is 1. The molecule has 5 nitrogen and oxygen atoms in total. The van der Waals surface area contributed by atoms with Crippen LogP contribution in [0.1, 0.15) is 21.5 Å². The number of hydrogen-bond acceptors (Lipinski definition) is 4. The molecule has 0 heterocycles. The molecule has 160 valence electrons. The summed E-state index contributed by atoms with van der Waals surface area (Å²) in [5.41, 5.74) is 4.56. The van der Waals surface area contributed by atoms with Crippen LogP contribution in [-0.2, 0) is 6.61 Å². The summed E-state index contributed by atoms with van der Waals surface area (Å²) in [5.74, 6) is 0.549. The Morgan fingerprint density at radius 3 is 2.62 bits per heavy atom. The lowest BCUT2D eigenvalue weighted by Gasteiger charge is -2.12. The molecule has 4 rings (SSSR count). The minimum absolute atomic E-state index is 0.273. The Labute approximate surface area is 185 Å². The molecule has 0 radical (unpaired) electrons. The number of carbonyl (C=O) groups is 1. The van der Waals surface area contributed by atoms with Crippen LogP contribution >= 0.6 is 0 Å². The van der Waals surface area contributed by atoms with Gasteiger partial charge in [0, 0.05) is 11.1 Å². The number of hydrogen-bond donors (Lipinski definition) is 1. The molecule has 1 N–H and O–H groups in total. The molecule has 0 bridgehead atoms. The minimum atomic E-state index is -0.353. The Kier molecular flexibility index (Phi) is 6.41. The molecule has 32 heavy (non-hydrogen) atoms. The van der Waals surface area contributed by atoms with Gasteiger partial charge in [-0.15, -0.1) is 0 Å². The highest BCUT2D eigenvalue weighted by Crippen LogP contribution is 2.27. The van der Waals surface area contributed by atoms with Crippen molar-refractivity contribution in [3.05, 3.63) is 107 Å². The summed E-state index contributed by atoms with van der Waals surface area (Å²) in [7, 11) is 1.54. The predicted molar refractivity (Wildman–Crippen MR) is 123 cm³/mol. The molecule has 0 fully saturated rings. The van der Waals surface area contributed by atoms with Crippen LogP contribution in [0.4, 0.5) is 4.39 Å². The third kappa shape index (κ3) is 4.92. The maximum Gasteiger partial charge on any atom is 0.271 e. The number of halogens is 1. The number of methoxy groups -OCH3 is 1. The van der Waals surface area contributed by atoms with Crippen molar-refractivity contribution in [1.29, 1.82) is 0 Å². The molecular formula is C26H21FN2O3. The number of fused-ring (bicyclic) bond motifs is 1. The molecule has 0 aliphatic rings. The number of ether oxygens (including phenoxy) is 2. The van der Waals surface area contributed by atoms with Crippen molar-refractivity contribution in [2.24, 2.45) is 5.10 Å². The molecule has 0 spiro atoms. The van der Waals surface area contributed by atoms with Crippen LogP contribution in [0.15, 0.2) is 90.0 Å². The molecule has 4 aromatic carbocycles. The number of amides is 1. The summed E-state index contributed by atoms with van der Waals surface area (Å²) in [6.45, 7) is 0.273. The van der Waals surface area contributed by atoms with Gasteiger partial charge >= 0.3 is 0 Å². The monoisotopic (exact) mass is 428 g/mol. The fourth-order valence-corrected chi connectivity index (χ4v) is 3.26. The molecule has 0 aromatic heterocycles. The van der Waals surface area contributed by atoms with E-state index in [9.17, 15) is 9.18 Å². The molecule has 0 saturated heterocycles. The standard InChI is InChI=1S/C26H21FN2O3/c1-31-22-7-4-6-20(15-22)26(30)29-28-16-24-23-8-3-2-5-19(23)11-14-25(24)32-17-18-9-12-21(27)13-10-18/h2-16H,17H2,1H3,(H,29,30)/b28-16+. The average molecular weight is 428 g/mol. The van der Waals surface area contributed by atoms with E-state index < -0.39 is 0 Å². The lowest BCUT2D eigenvalue weighted by atomic mass is 10.0. The minimum Gasteiger partial charge on any atom is -0.497 e. The van der Waals surface area contributed by atoms with Gasteiger partial charge in [0.05, 0.1) is 13.3 Å². The van der Waals surface area contributed by atoms with E-state index in [2.05, 4.69) is 10.5 Å². The maximum atomic E-state index is 13.2. The first kappa shape index (κ1) is 21.1. The van der Waals surface area contributed by atoms with Gasteiger partial charge in [-0.25, -0.2) is 9.82 Å². The van der Waals surface area contributed by atoms with Crippen LogP contribution in [0, 0.1) is 5.82 Å². The number of hydrazone groups is 1. The SMILES string of the molecule is COc1cccc(C(=O)N/N=C/c2c(OCc3ccc(F)cc3)ccc3ccccc23)c1. The van der Waals surface area contributed by atoms with E-state index in [-0.39, 0.29) is 18.3 Å². The number of nitrogens with zero attached hydrogens (tertiary/aromatic N) is 1. The number of benzene rings is 4. The maximum absolute atomic E-state index is 13.2. The molecule has 1 amide bonds. The molecule has 4 aromatic rings. The highest BCUT2D eigenvalue weighted by molar-refractivity contribution is 6.03. The van der Waals surface area contributed by atoms with Gasteiger partial charge in [0.1, 0.15) is 23.9 Å². The summed E-state index contributed by atoms with van der Waals surface area (Å²) in [5, 5.41) is 6.11. The van der Waals surface area contributed by atoms with Crippen LogP contribution in [0.25, 0.3) is 10.8 Å². The number of rotatable bonds is 7. The van der Waals surface area contributed by atoms with Gasteiger partial charge in [-0.1, -0.05) is 48.5 Å². The lowest BCUT2D eigenvalue weighted by Crippen LogP contribution is -2.17. The Hall–Kier alpha value is -4.19. The fraction of sp³-hybridized carbons (Fsp3) is 0.0769. The van der Waals surface area contributed by atoms with Crippen molar-refractivity contribution >= 4 is 22.9 Å². The highest BCUT2D eigenvalue weighted by atomic mass is 19.1. The summed E-state index contributed by atoms with van der Waals surface area (Å²) in [4.78, 5) is 12.4. The fourth-order valence-electron chi connectivity index (χ4n) is 3.26. The van der Waals surface area contributed by atoms with Gasteiger partial charge in [0.15, 0.2) is 0 Å². The van der Waals surface area contributed by atoms with Gasteiger partial charge in [0.25, 0.3) is 5.91 Å². The van der Waals surface area contributed by atoms with Crippen molar-refractivity contribution in [3.63, 3.8) is 0 Å². The average Bonchev–Trinajstić information content (AvgIpc) is 2.84. The zero-order chi connectivity index (χ0) is 22.3. The topological polar surface area (TPSA) is 59.9 Å². The zero-order valence-electron chi connectivity index (χ0n) is 17.4. The molecule has 0 aliphatic heterocycles. The van der Waals surface area contributed by atoms with Crippen molar-refractivity contribution in [2.75, 3.05) is 7.11 Å². The smallest absolute Gasteiger partial charge is 0.271 e. The summed E-state index contributed by atoms with van der Waals surface area (Å²) < 4.78 is 24.3. The third-order valence-corrected chi connectivity index (χ3v) is 4.93. The lowest BCUT2D eigenvalue weighted by molar-refractivity contribution is 0.0954. The van der Waals surface area contributed by atoms with Gasteiger partial charge in [-0.05, 0) is 52.7 Å². The van der Waals surface area contributed by atoms with Crippen LogP contribution in [0.2, 0.25) is 0 Å². The quantitative estimate of drug-likeness (QED) is 0.320. The number of carbonyl (C=O) groups excluding carboxylic acids is 1. The third-order valence-electron chi connectivity index (χ3n) is 4.93. The second-order valence-electron chi connectivity index (χ2n) is 7.04. The molecule has 0 unspecified atom stereocenters. The molecular weight excluding hydrogens is 407 g/mol. The molecule has 0 aliphatic carbocycles. The second-order valence-corrected chi connectivity index (χ2v) is 7.04. The van der Waals surface area contributed by atoms with E-state index in [1.807, 2.05) is 36.4 Å². The Balaban J connectivity index is 1.57. The second kappa shape index (κ2) is 9.75. The van der Waals surface area contributed by atoms with Gasteiger partial charge in [0.2, 0.25) is 0 Å². The Morgan fingerprint density at radius 1 is 1.00 bits per heavy atom. The normalized spacial score (nSPS) is 10.9. The summed E-state index contributed by atoms with van der Waals surface area (Å²) >= 11 is 0. The van der Waals surface area contributed by atoms with Crippen LogP contribution in [-0.4, -0.2) is 19.2 Å². The van der Waals surface area contributed by atoms with Crippen molar-refractivity contribution < 1.29 is 18.7 Å². The Morgan fingerprint density at radius 2 is 1.81 bits per heavy atom. The van der Waals surface area contributed by atoms with E-state index >= 15 is 0 Å². The van der Waals surface area contributed by atoms with Gasteiger partial charge in [-0.3, -0.25) is 4.79 Å². The molecule has 0 atom stereocenters. The van der Waals surface area contributed by atoms with Crippen molar-refractivity contribution in [2.45, 2.75) is 6.61 Å². The summed E-state index contributed by atoms with van der Waals surface area (Å²) in [6, 6.07) is 24.6. The first-order valence-electron chi connectivity index (χ1n) is 10.0. The van der Waals surface area contributed by atoms with Crippen molar-refractivity contribution in [1.82, 2.24) is 5.43 Å². The summed E-state index contributed by atoms with van der Waals surface area (Å²) in [6.07, 6.45) is 1.57. The van der Waals surface area contributed by atoms with E-state index in [0.717, 1.165) is 21.9 Å². The molecule has 6 heteroatoms. The first-order chi connectivity index (χ1) is 15.6. The largest absolute Gasteiger partial charge is 0.497 e. The van der Waals surface area contributed by atoms with E-state index in [0.29, 0.717) is 17.1 Å².